The number of hydrogen-bond donors (Lipinski definition) is 1. The lowest BCUT2D eigenvalue weighted by atomic mass is 10.2. The number of aliphatic hydroxyl groups is 1. The van der Waals surface area contributed by atoms with E-state index in [2.05, 4.69) is 6.58 Å². The molecular weight excluding hydrogens is 244 g/mol. The van der Waals surface area contributed by atoms with Crippen molar-refractivity contribution < 1.29 is 19.4 Å². The first-order valence-corrected chi connectivity index (χ1v) is 6.28. The van der Waals surface area contributed by atoms with Gasteiger partial charge in [0.1, 0.15) is 11.9 Å². The SMILES string of the molecule is C=C(C)C(=O)OCCC(CCO)Oc1ccccc1. The highest BCUT2D eigenvalue weighted by atomic mass is 16.5. The van der Waals surface area contributed by atoms with Crippen LogP contribution in [0.3, 0.4) is 0 Å². The van der Waals surface area contributed by atoms with Crippen molar-refractivity contribution in [3.8, 4) is 5.75 Å². The molecule has 0 saturated carbocycles. The quantitative estimate of drug-likeness (QED) is 0.578. The third-order valence-corrected chi connectivity index (χ3v) is 2.52. The molecule has 1 N–H and O–H groups in total. The fourth-order valence-electron chi connectivity index (χ4n) is 1.50. The number of esters is 1. The zero-order valence-corrected chi connectivity index (χ0v) is 11.2. The van der Waals surface area contributed by atoms with Crippen LogP contribution in [0, 0.1) is 0 Å². The Morgan fingerprint density at radius 2 is 2.00 bits per heavy atom. The van der Waals surface area contributed by atoms with E-state index in [-0.39, 0.29) is 19.3 Å². The Morgan fingerprint density at radius 3 is 2.58 bits per heavy atom. The summed E-state index contributed by atoms with van der Waals surface area (Å²) in [4.78, 5) is 11.2. The molecule has 19 heavy (non-hydrogen) atoms. The highest BCUT2D eigenvalue weighted by Crippen LogP contribution is 2.14. The summed E-state index contributed by atoms with van der Waals surface area (Å²) in [7, 11) is 0. The molecule has 1 rings (SSSR count). The number of carbonyl (C=O) groups excluding carboxylic acids is 1. The maximum absolute atomic E-state index is 11.2. The monoisotopic (exact) mass is 264 g/mol. The van der Waals surface area contributed by atoms with Crippen LogP contribution < -0.4 is 4.74 Å². The number of para-hydroxylation sites is 1. The second-order valence-corrected chi connectivity index (χ2v) is 4.27. The number of rotatable bonds is 8. The maximum atomic E-state index is 11.2. The summed E-state index contributed by atoms with van der Waals surface area (Å²) in [6, 6.07) is 9.37. The van der Waals surface area contributed by atoms with Crippen LogP contribution >= 0.6 is 0 Å². The Labute approximate surface area is 113 Å². The van der Waals surface area contributed by atoms with Gasteiger partial charge in [0.2, 0.25) is 0 Å². The molecule has 4 heteroatoms. The van der Waals surface area contributed by atoms with Gasteiger partial charge in [-0.05, 0) is 19.1 Å². The Balaban J connectivity index is 2.40. The van der Waals surface area contributed by atoms with E-state index in [9.17, 15) is 4.79 Å². The zero-order valence-electron chi connectivity index (χ0n) is 11.2. The summed E-state index contributed by atoms with van der Waals surface area (Å²) in [5.74, 6) is 0.342. The Kier molecular flexibility index (Phi) is 6.68. The van der Waals surface area contributed by atoms with Gasteiger partial charge in [0.05, 0.1) is 6.61 Å². The fourth-order valence-corrected chi connectivity index (χ4v) is 1.50. The molecule has 1 aromatic rings. The zero-order chi connectivity index (χ0) is 14.1. The van der Waals surface area contributed by atoms with Crippen LogP contribution in [0.25, 0.3) is 0 Å². The molecule has 0 bridgehead atoms. The summed E-state index contributed by atoms with van der Waals surface area (Å²) in [6.07, 6.45) is 0.860. The van der Waals surface area contributed by atoms with Crippen LogP contribution in [-0.4, -0.2) is 30.4 Å². The molecular formula is C15H20O4. The summed E-state index contributed by atoms with van der Waals surface area (Å²) >= 11 is 0. The minimum atomic E-state index is -0.401. The van der Waals surface area contributed by atoms with Crippen molar-refractivity contribution in [2.24, 2.45) is 0 Å². The molecule has 0 aliphatic rings. The summed E-state index contributed by atoms with van der Waals surface area (Å²) in [5.41, 5.74) is 0.377. The third kappa shape index (κ3) is 6.06. The second kappa shape index (κ2) is 8.32. The highest BCUT2D eigenvalue weighted by Gasteiger charge is 2.12. The van der Waals surface area contributed by atoms with Crippen molar-refractivity contribution in [2.45, 2.75) is 25.9 Å². The fraction of sp³-hybridized carbons (Fsp3) is 0.400. The molecule has 1 aromatic carbocycles. The van der Waals surface area contributed by atoms with Gasteiger partial charge in [-0.15, -0.1) is 0 Å². The van der Waals surface area contributed by atoms with Gasteiger partial charge in [-0.2, -0.15) is 0 Å². The lowest BCUT2D eigenvalue weighted by Gasteiger charge is -2.18. The smallest absolute Gasteiger partial charge is 0.333 e. The molecule has 0 aliphatic heterocycles. The first kappa shape index (κ1) is 15.2. The largest absolute Gasteiger partial charge is 0.490 e. The second-order valence-electron chi connectivity index (χ2n) is 4.27. The van der Waals surface area contributed by atoms with E-state index in [1.807, 2.05) is 30.3 Å². The van der Waals surface area contributed by atoms with Gasteiger partial charge in [-0.3, -0.25) is 0 Å². The topological polar surface area (TPSA) is 55.8 Å². The van der Waals surface area contributed by atoms with E-state index in [0.29, 0.717) is 18.4 Å². The van der Waals surface area contributed by atoms with Crippen LogP contribution in [0.15, 0.2) is 42.5 Å². The van der Waals surface area contributed by atoms with E-state index in [4.69, 9.17) is 14.6 Å². The normalized spacial score (nSPS) is 11.7. The van der Waals surface area contributed by atoms with Gasteiger partial charge in [-0.1, -0.05) is 24.8 Å². The molecule has 0 fully saturated rings. The molecule has 0 spiro atoms. The Morgan fingerprint density at radius 1 is 1.32 bits per heavy atom. The number of hydrogen-bond acceptors (Lipinski definition) is 4. The van der Waals surface area contributed by atoms with Crippen molar-refractivity contribution in [3.05, 3.63) is 42.5 Å². The molecule has 0 aliphatic carbocycles. The minimum Gasteiger partial charge on any atom is -0.490 e. The van der Waals surface area contributed by atoms with Gasteiger partial charge in [0.25, 0.3) is 0 Å². The molecule has 1 atom stereocenters. The molecule has 1 unspecified atom stereocenters. The highest BCUT2D eigenvalue weighted by molar-refractivity contribution is 5.86. The molecule has 0 radical (unpaired) electrons. The first-order chi connectivity index (χ1) is 9.13. The minimum absolute atomic E-state index is 0.0337. The number of benzene rings is 1. The Bertz CT molecular complexity index is 400. The van der Waals surface area contributed by atoms with Gasteiger partial charge in [0.15, 0.2) is 0 Å². The van der Waals surface area contributed by atoms with Crippen molar-refractivity contribution in [1.82, 2.24) is 0 Å². The lowest BCUT2D eigenvalue weighted by molar-refractivity contribution is -0.139. The summed E-state index contributed by atoms with van der Waals surface area (Å²) in [6.45, 7) is 5.40. The molecule has 0 aromatic heterocycles. The van der Waals surface area contributed by atoms with E-state index in [0.717, 1.165) is 5.75 Å². The van der Waals surface area contributed by atoms with Crippen molar-refractivity contribution in [3.63, 3.8) is 0 Å². The van der Waals surface area contributed by atoms with Crippen molar-refractivity contribution in [2.75, 3.05) is 13.2 Å². The predicted molar refractivity (Wildman–Crippen MR) is 73.0 cm³/mol. The number of aliphatic hydroxyl groups excluding tert-OH is 1. The van der Waals surface area contributed by atoms with Crippen molar-refractivity contribution in [1.29, 1.82) is 0 Å². The molecule has 0 heterocycles. The molecule has 104 valence electrons. The van der Waals surface area contributed by atoms with E-state index in [1.54, 1.807) is 6.92 Å². The van der Waals surface area contributed by atoms with Gasteiger partial charge >= 0.3 is 5.97 Å². The van der Waals surface area contributed by atoms with Crippen LogP contribution in [0.4, 0.5) is 0 Å². The number of carbonyl (C=O) groups is 1. The average molecular weight is 264 g/mol. The lowest BCUT2D eigenvalue weighted by Crippen LogP contribution is -2.21. The van der Waals surface area contributed by atoms with E-state index >= 15 is 0 Å². The average Bonchev–Trinajstić information content (AvgIpc) is 2.39. The van der Waals surface area contributed by atoms with Gasteiger partial charge in [-0.25, -0.2) is 4.79 Å². The summed E-state index contributed by atoms with van der Waals surface area (Å²) in [5, 5.41) is 9.01. The first-order valence-electron chi connectivity index (χ1n) is 6.28. The standard InChI is InChI=1S/C15H20O4/c1-12(2)15(17)18-11-9-14(8-10-16)19-13-6-4-3-5-7-13/h3-7,14,16H,1,8-11H2,2H3. The Hall–Kier alpha value is -1.81. The molecule has 4 nitrogen and oxygen atoms in total. The predicted octanol–water partition coefficient (Wildman–Crippen LogP) is 2.33. The number of ether oxygens (including phenoxy) is 2. The van der Waals surface area contributed by atoms with Crippen LogP contribution in [0.5, 0.6) is 5.75 Å². The van der Waals surface area contributed by atoms with Gasteiger partial charge < -0.3 is 14.6 Å². The van der Waals surface area contributed by atoms with Crippen LogP contribution in [-0.2, 0) is 9.53 Å². The molecule has 0 saturated heterocycles. The van der Waals surface area contributed by atoms with Gasteiger partial charge in [0, 0.05) is 25.0 Å². The summed E-state index contributed by atoms with van der Waals surface area (Å²) < 4.78 is 10.7. The van der Waals surface area contributed by atoms with Crippen LogP contribution in [0.2, 0.25) is 0 Å². The maximum Gasteiger partial charge on any atom is 0.333 e. The third-order valence-electron chi connectivity index (χ3n) is 2.52. The van der Waals surface area contributed by atoms with Crippen LogP contribution in [0.1, 0.15) is 19.8 Å². The van der Waals surface area contributed by atoms with Crippen molar-refractivity contribution >= 4 is 5.97 Å². The van der Waals surface area contributed by atoms with E-state index in [1.165, 1.54) is 0 Å². The van der Waals surface area contributed by atoms with E-state index < -0.39 is 5.97 Å². The molecule has 0 amide bonds.